The van der Waals surface area contributed by atoms with Gasteiger partial charge in [-0.25, -0.2) is 0 Å². The lowest BCUT2D eigenvalue weighted by molar-refractivity contribution is 0.252. The van der Waals surface area contributed by atoms with E-state index in [4.69, 9.17) is 4.98 Å². The molecule has 0 bridgehead atoms. The van der Waals surface area contributed by atoms with Crippen LogP contribution in [0.4, 0.5) is 0 Å². The van der Waals surface area contributed by atoms with E-state index in [1.165, 1.54) is 113 Å². The van der Waals surface area contributed by atoms with Gasteiger partial charge in [0, 0.05) is 11.8 Å². The molecule has 1 nitrogen and oxygen atoms in total. The van der Waals surface area contributed by atoms with E-state index >= 15 is 0 Å². The number of pyridine rings is 1. The molecule has 0 aliphatic heterocycles. The van der Waals surface area contributed by atoms with E-state index in [0.29, 0.717) is 0 Å². The first-order valence-corrected chi connectivity index (χ1v) is 13.3. The smallest absolute Gasteiger partial charge is 0.0702 e. The second-order valence-corrected chi connectivity index (χ2v) is 9.98. The fourth-order valence-electron chi connectivity index (χ4n) is 5.28. The lowest BCUT2D eigenvalue weighted by atomic mass is 9.78. The van der Waals surface area contributed by atoms with Gasteiger partial charge < -0.3 is 0 Å². The zero-order valence-corrected chi connectivity index (χ0v) is 20.2. The summed E-state index contributed by atoms with van der Waals surface area (Å²) in [5, 5.41) is 0. The predicted octanol–water partition coefficient (Wildman–Crippen LogP) is 9.19. The van der Waals surface area contributed by atoms with Gasteiger partial charge in [-0.2, -0.15) is 0 Å². The Labute approximate surface area is 192 Å². The Morgan fingerprint density at radius 2 is 1.29 bits per heavy atom. The maximum atomic E-state index is 4.75. The Hall–Kier alpha value is -1.63. The van der Waals surface area contributed by atoms with Gasteiger partial charge in [0.25, 0.3) is 0 Å². The topological polar surface area (TPSA) is 12.9 Å². The van der Waals surface area contributed by atoms with E-state index in [9.17, 15) is 0 Å². The molecule has 1 saturated carbocycles. The van der Waals surface area contributed by atoms with E-state index in [2.05, 4.69) is 56.4 Å². The highest BCUT2D eigenvalue weighted by Crippen LogP contribution is 2.34. The van der Waals surface area contributed by atoms with Crippen molar-refractivity contribution in [1.29, 1.82) is 0 Å². The number of aryl methyl sites for hydroxylation is 2. The van der Waals surface area contributed by atoms with Gasteiger partial charge in [-0.05, 0) is 54.7 Å². The van der Waals surface area contributed by atoms with Crippen molar-refractivity contribution in [3.8, 4) is 11.3 Å². The lowest BCUT2D eigenvalue weighted by Gasteiger charge is -2.28. The van der Waals surface area contributed by atoms with Crippen LogP contribution < -0.4 is 0 Å². The minimum absolute atomic E-state index is 0.952. The van der Waals surface area contributed by atoms with Crippen LogP contribution in [-0.4, -0.2) is 4.98 Å². The highest BCUT2D eigenvalue weighted by atomic mass is 14.7. The predicted molar refractivity (Wildman–Crippen MR) is 135 cm³/mol. The number of benzene rings is 1. The molecule has 3 rings (SSSR count). The van der Waals surface area contributed by atoms with Crippen molar-refractivity contribution in [3.63, 3.8) is 0 Å². The molecule has 0 amide bonds. The average Bonchev–Trinajstić information content (AvgIpc) is 2.82. The van der Waals surface area contributed by atoms with E-state index < -0.39 is 0 Å². The fraction of sp³-hybridized carbons (Fsp3) is 0.633. The Morgan fingerprint density at radius 1 is 0.645 bits per heavy atom. The Balaban J connectivity index is 1.39. The quantitative estimate of drug-likeness (QED) is 0.295. The van der Waals surface area contributed by atoms with E-state index in [0.717, 1.165) is 17.5 Å². The molecular formula is C30H45N. The van der Waals surface area contributed by atoms with Crippen LogP contribution in [0.2, 0.25) is 0 Å². The standard InChI is InChI=1S/C30H45N/c1-3-5-6-7-8-9-11-28-20-23-30(31-24-28)29-21-18-27(19-22-29)17-16-26-14-12-25(10-4-2)13-15-26/h18-26H,3-17H2,1-2H3/t25-,26-. The lowest BCUT2D eigenvalue weighted by Crippen LogP contribution is -2.15. The average molecular weight is 420 g/mol. The summed E-state index contributed by atoms with van der Waals surface area (Å²) in [4.78, 5) is 4.75. The molecule has 0 radical (unpaired) electrons. The second kappa shape index (κ2) is 13.7. The van der Waals surface area contributed by atoms with Gasteiger partial charge in [-0.1, -0.05) is 115 Å². The van der Waals surface area contributed by atoms with Gasteiger partial charge in [-0.15, -0.1) is 0 Å². The molecule has 1 aromatic heterocycles. The number of nitrogens with zero attached hydrogens (tertiary/aromatic N) is 1. The largest absolute Gasteiger partial charge is 0.256 e. The third-order valence-corrected chi connectivity index (χ3v) is 7.40. The van der Waals surface area contributed by atoms with Gasteiger partial charge in [0.05, 0.1) is 5.69 Å². The van der Waals surface area contributed by atoms with Gasteiger partial charge in [-0.3, -0.25) is 4.98 Å². The highest BCUT2D eigenvalue weighted by molar-refractivity contribution is 5.59. The molecule has 1 aliphatic rings. The molecule has 1 heteroatoms. The van der Waals surface area contributed by atoms with E-state index in [1.54, 1.807) is 0 Å². The summed E-state index contributed by atoms with van der Waals surface area (Å²) in [6, 6.07) is 13.7. The molecule has 31 heavy (non-hydrogen) atoms. The normalized spacial score (nSPS) is 18.9. The van der Waals surface area contributed by atoms with Crippen LogP contribution in [0.25, 0.3) is 11.3 Å². The van der Waals surface area contributed by atoms with Crippen molar-refractivity contribution >= 4 is 0 Å². The molecule has 0 saturated heterocycles. The summed E-state index contributed by atoms with van der Waals surface area (Å²) < 4.78 is 0. The molecule has 0 atom stereocenters. The van der Waals surface area contributed by atoms with Crippen molar-refractivity contribution in [2.24, 2.45) is 11.8 Å². The highest BCUT2D eigenvalue weighted by Gasteiger charge is 2.20. The first kappa shape index (κ1) is 24.0. The van der Waals surface area contributed by atoms with Crippen LogP contribution >= 0.6 is 0 Å². The van der Waals surface area contributed by atoms with Gasteiger partial charge in [0.2, 0.25) is 0 Å². The Bertz CT molecular complexity index is 707. The molecule has 1 heterocycles. The monoisotopic (exact) mass is 419 g/mol. The minimum atomic E-state index is 0.952. The number of aromatic nitrogens is 1. The summed E-state index contributed by atoms with van der Waals surface area (Å²) in [7, 11) is 0. The van der Waals surface area contributed by atoms with Crippen LogP contribution in [0, 0.1) is 11.8 Å². The minimum Gasteiger partial charge on any atom is -0.256 e. The summed E-state index contributed by atoms with van der Waals surface area (Å²) in [6.07, 6.45) is 22.6. The summed E-state index contributed by atoms with van der Waals surface area (Å²) in [6.45, 7) is 4.61. The summed E-state index contributed by atoms with van der Waals surface area (Å²) in [5.74, 6) is 1.97. The van der Waals surface area contributed by atoms with Gasteiger partial charge in [0.15, 0.2) is 0 Å². The van der Waals surface area contributed by atoms with Crippen LogP contribution in [0.15, 0.2) is 42.6 Å². The summed E-state index contributed by atoms with van der Waals surface area (Å²) >= 11 is 0. The molecule has 0 spiro atoms. The zero-order valence-electron chi connectivity index (χ0n) is 20.2. The third-order valence-electron chi connectivity index (χ3n) is 7.40. The maximum Gasteiger partial charge on any atom is 0.0702 e. The number of hydrogen-bond acceptors (Lipinski definition) is 1. The molecule has 0 N–H and O–H groups in total. The first-order chi connectivity index (χ1) is 15.3. The van der Waals surface area contributed by atoms with E-state index in [-0.39, 0.29) is 0 Å². The summed E-state index contributed by atoms with van der Waals surface area (Å²) in [5.41, 5.74) is 5.21. The van der Waals surface area contributed by atoms with Crippen LogP contribution in [0.3, 0.4) is 0 Å². The molecule has 1 fully saturated rings. The SMILES string of the molecule is CCCCCCCCc1ccc(-c2ccc(CC[C@H]3CC[C@H](CCC)CC3)cc2)nc1. The van der Waals surface area contributed by atoms with Crippen LogP contribution in [-0.2, 0) is 12.8 Å². The van der Waals surface area contributed by atoms with Crippen molar-refractivity contribution < 1.29 is 0 Å². The van der Waals surface area contributed by atoms with Crippen molar-refractivity contribution in [3.05, 3.63) is 53.7 Å². The molecule has 2 aromatic rings. The third kappa shape index (κ3) is 8.43. The molecule has 1 aliphatic carbocycles. The van der Waals surface area contributed by atoms with Crippen LogP contribution in [0.1, 0.15) is 108 Å². The molecule has 170 valence electrons. The molecule has 1 aromatic carbocycles. The number of unbranched alkanes of at least 4 members (excludes halogenated alkanes) is 5. The van der Waals surface area contributed by atoms with Gasteiger partial charge in [0.1, 0.15) is 0 Å². The van der Waals surface area contributed by atoms with E-state index in [1.807, 2.05) is 0 Å². The maximum absolute atomic E-state index is 4.75. The molecule has 0 unspecified atom stereocenters. The molecular weight excluding hydrogens is 374 g/mol. The van der Waals surface area contributed by atoms with Gasteiger partial charge >= 0.3 is 0 Å². The fourth-order valence-corrected chi connectivity index (χ4v) is 5.28. The van der Waals surface area contributed by atoms with Crippen LogP contribution in [0.5, 0.6) is 0 Å². The Morgan fingerprint density at radius 3 is 1.94 bits per heavy atom. The zero-order chi connectivity index (χ0) is 21.7. The van der Waals surface area contributed by atoms with Crippen molar-refractivity contribution in [1.82, 2.24) is 4.98 Å². The number of hydrogen-bond donors (Lipinski definition) is 0. The Kier molecular flexibility index (Phi) is 10.6. The van der Waals surface area contributed by atoms with Crippen molar-refractivity contribution in [2.45, 2.75) is 110 Å². The second-order valence-electron chi connectivity index (χ2n) is 9.98. The number of rotatable bonds is 13. The van der Waals surface area contributed by atoms with Crippen molar-refractivity contribution in [2.75, 3.05) is 0 Å². The first-order valence-electron chi connectivity index (χ1n) is 13.3.